The summed E-state index contributed by atoms with van der Waals surface area (Å²) in [5.41, 5.74) is 0.858. The van der Waals surface area contributed by atoms with Gasteiger partial charge in [0.15, 0.2) is 6.61 Å². The smallest absolute Gasteiger partial charge is 0.316 e. The molecule has 1 amide bonds. The van der Waals surface area contributed by atoms with Crippen LogP contribution < -0.4 is 10.1 Å². The Morgan fingerprint density at radius 2 is 1.71 bits per heavy atom. The van der Waals surface area contributed by atoms with E-state index in [1.54, 1.807) is 7.11 Å². The molecule has 5 nitrogen and oxygen atoms in total. The van der Waals surface area contributed by atoms with E-state index in [2.05, 4.69) is 5.32 Å². The standard InChI is InChI=1S/C22H21NO4S/c1-26-20-9-5-4-8-18(20)13-23-21(24)14-27-22(25)15-28-19-11-10-16-6-2-3-7-17(16)12-19/h2-12H,13-15H2,1H3,(H,23,24). The van der Waals surface area contributed by atoms with Crippen molar-refractivity contribution in [3.05, 3.63) is 72.3 Å². The molecule has 0 radical (unpaired) electrons. The third-order valence-corrected chi connectivity index (χ3v) is 5.08. The minimum Gasteiger partial charge on any atom is -0.496 e. The highest BCUT2D eigenvalue weighted by atomic mass is 32.2. The maximum atomic E-state index is 11.9. The maximum Gasteiger partial charge on any atom is 0.316 e. The van der Waals surface area contributed by atoms with Gasteiger partial charge >= 0.3 is 5.97 Å². The predicted molar refractivity (Wildman–Crippen MR) is 110 cm³/mol. The summed E-state index contributed by atoms with van der Waals surface area (Å²) < 4.78 is 10.3. The van der Waals surface area contributed by atoms with Crippen molar-refractivity contribution in [1.29, 1.82) is 0 Å². The van der Waals surface area contributed by atoms with Crippen LogP contribution in [-0.2, 0) is 20.9 Å². The molecule has 0 fully saturated rings. The summed E-state index contributed by atoms with van der Waals surface area (Å²) in [4.78, 5) is 24.8. The first kappa shape index (κ1) is 19.8. The van der Waals surface area contributed by atoms with Crippen molar-refractivity contribution >= 4 is 34.4 Å². The van der Waals surface area contributed by atoms with Crippen LogP contribution in [0.3, 0.4) is 0 Å². The number of hydrogen-bond donors (Lipinski definition) is 1. The van der Waals surface area contributed by atoms with Gasteiger partial charge in [0.25, 0.3) is 5.91 Å². The zero-order chi connectivity index (χ0) is 19.8. The zero-order valence-electron chi connectivity index (χ0n) is 15.5. The van der Waals surface area contributed by atoms with Gasteiger partial charge in [0, 0.05) is 17.0 Å². The number of fused-ring (bicyclic) bond motifs is 1. The number of methoxy groups -OCH3 is 1. The molecular formula is C22H21NO4S. The molecule has 0 aliphatic rings. The van der Waals surface area contributed by atoms with E-state index >= 15 is 0 Å². The molecule has 3 aromatic carbocycles. The second kappa shape index (κ2) is 9.80. The van der Waals surface area contributed by atoms with Gasteiger partial charge in [0.1, 0.15) is 5.75 Å². The molecule has 3 aromatic rings. The topological polar surface area (TPSA) is 64.6 Å². The molecule has 0 saturated heterocycles. The zero-order valence-corrected chi connectivity index (χ0v) is 16.3. The first-order valence-corrected chi connectivity index (χ1v) is 9.80. The highest BCUT2D eigenvalue weighted by molar-refractivity contribution is 8.00. The Morgan fingerprint density at radius 3 is 2.54 bits per heavy atom. The van der Waals surface area contributed by atoms with Crippen LogP contribution in [0, 0.1) is 0 Å². The molecule has 0 heterocycles. The minimum absolute atomic E-state index is 0.151. The van der Waals surface area contributed by atoms with E-state index in [4.69, 9.17) is 9.47 Å². The molecule has 0 aliphatic carbocycles. The van der Waals surface area contributed by atoms with Crippen molar-refractivity contribution in [1.82, 2.24) is 5.32 Å². The molecule has 0 bridgehead atoms. The van der Waals surface area contributed by atoms with Crippen LogP contribution >= 0.6 is 11.8 Å². The highest BCUT2D eigenvalue weighted by Crippen LogP contribution is 2.23. The minimum atomic E-state index is -0.425. The third-order valence-electron chi connectivity index (χ3n) is 4.11. The molecular weight excluding hydrogens is 374 g/mol. The molecule has 1 N–H and O–H groups in total. The molecule has 0 aromatic heterocycles. The van der Waals surface area contributed by atoms with E-state index in [9.17, 15) is 9.59 Å². The average Bonchev–Trinajstić information content (AvgIpc) is 2.74. The van der Waals surface area contributed by atoms with Crippen LogP contribution in [0.15, 0.2) is 71.6 Å². The van der Waals surface area contributed by atoms with Gasteiger partial charge in [-0.2, -0.15) is 0 Å². The summed E-state index contributed by atoms with van der Waals surface area (Å²) in [6.45, 7) is 0.0124. The first-order chi connectivity index (χ1) is 13.7. The number of carbonyl (C=O) groups is 2. The fourth-order valence-electron chi connectivity index (χ4n) is 2.68. The van der Waals surface area contributed by atoms with E-state index in [0.717, 1.165) is 21.2 Å². The number of carbonyl (C=O) groups excluding carboxylic acids is 2. The molecule has 0 aliphatic heterocycles. The lowest BCUT2D eigenvalue weighted by Gasteiger charge is -2.10. The van der Waals surface area contributed by atoms with Gasteiger partial charge in [-0.15, -0.1) is 11.8 Å². The number of rotatable bonds is 8. The van der Waals surface area contributed by atoms with Gasteiger partial charge < -0.3 is 14.8 Å². The fourth-order valence-corrected chi connectivity index (χ4v) is 3.42. The Morgan fingerprint density at radius 1 is 0.964 bits per heavy atom. The fraction of sp³-hybridized carbons (Fsp3) is 0.182. The van der Waals surface area contributed by atoms with Gasteiger partial charge in [0.2, 0.25) is 0 Å². The van der Waals surface area contributed by atoms with Crippen LogP contribution in [0.5, 0.6) is 5.75 Å². The maximum absolute atomic E-state index is 11.9. The summed E-state index contributed by atoms with van der Waals surface area (Å²) in [5.74, 6) is 0.0742. The van der Waals surface area contributed by atoms with Crippen LogP contribution in [0.2, 0.25) is 0 Å². The number of hydrogen-bond acceptors (Lipinski definition) is 5. The Balaban J connectivity index is 1.41. The van der Waals surface area contributed by atoms with Crippen LogP contribution in [0.1, 0.15) is 5.56 Å². The van der Waals surface area contributed by atoms with Gasteiger partial charge in [0.05, 0.1) is 12.9 Å². The monoisotopic (exact) mass is 395 g/mol. The summed E-state index contributed by atoms with van der Waals surface area (Å²) in [7, 11) is 1.58. The second-order valence-corrected chi connectivity index (χ2v) is 7.10. The van der Waals surface area contributed by atoms with Gasteiger partial charge in [-0.3, -0.25) is 9.59 Å². The number of nitrogens with one attached hydrogen (secondary N) is 1. The Hall–Kier alpha value is -2.99. The molecule has 0 saturated carbocycles. The van der Waals surface area contributed by atoms with Crippen LogP contribution in [0.4, 0.5) is 0 Å². The van der Waals surface area contributed by atoms with E-state index in [1.165, 1.54) is 11.8 Å². The molecule has 0 atom stereocenters. The number of ether oxygens (including phenoxy) is 2. The number of para-hydroxylation sites is 1. The molecule has 3 rings (SSSR count). The summed E-state index contributed by atoms with van der Waals surface area (Å²) in [5, 5.41) is 5.00. The molecule has 6 heteroatoms. The van der Waals surface area contributed by atoms with Crippen molar-refractivity contribution in [2.24, 2.45) is 0 Å². The average molecular weight is 395 g/mol. The van der Waals surface area contributed by atoms with E-state index in [1.807, 2.05) is 66.7 Å². The van der Waals surface area contributed by atoms with Gasteiger partial charge in [-0.1, -0.05) is 48.5 Å². The number of amides is 1. The Bertz CT molecular complexity index is 973. The molecule has 0 spiro atoms. The van der Waals surface area contributed by atoms with E-state index < -0.39 is 5.97 Å². The Labute approximate surface area is 168 Å². The normalized spacial score (nSPS) is 10.5. The summed E-state index contributed by atoms with van der Waals surface area (Å²) >= 11 is 1.39. The predicted octanol–water partition coefficient (Wildman–Crippen LogP) is 3.80. The van der Waals surface area contributed by atoms with Crippen molar-refractivity contribution < 1.29 is 19.1 Å². The van der Waals surface area contributed by atoms with Crippen molar-refractivity contribution in [2.45, 2.75) is 11.4 Å². The van der Waals surface area contributed by atoms with Crippen molar-refractivity contribution in [3.8, 4) is 5.75 Å². The van der Waals surface area contributed by atoms with Crippen LogP contribution in [0.25, 0.3) is 10.8 Å². The summed E-state index contributed by atoms with van der Waals surface area (Å²) in [6, 6.07) is 21.5. The van der Waals surface area contributed by atoms with Crippen molar-refractivity contribution in [3.63, 3.8) is 0 Å². The van der Waals surface area contributed by atoms with Crippen LogP contribution in [-0.4, -0.2) is 31.3 Å². The van der Waals surface area contributed by atoms with Gasteiger partial charge in [-0.25, -0.2) is 0 Å². The highest BCUT2D eigenvalue weighted by Gasteiger charge is 2.10. The lowest BCUT2D eigenvalue weighted by molar-refractivity contribution is -0.145. The van der Waals surface area contributed by atoms with Crippen molar-refractivity contribution in [2.75, 3.05) is 19.5 Å². The third kappa shape index (κ3) is 5.50. The quantitative estimate of drug-likeness (QED) is 0.464. The lowest BCUT2D eigenvalue weighted by Crippen LogP contribution is -2.28. The number of esters is 1. The van der Waals surface area contributed by atoms with E-state index in [0.29, 0.717) is 12.3 Å². The molecule has 144 valence electrons. The molecule has 0 unspecified atom stereocenters. The summed E-state index contributed by atoms with van der Waals surface area (Å²) in [6.07, 6.45) is 0. The van der Waals surface area contributed by atoms with Gasteiger partial charge in [-0.05, 0) is 29.0 Å². The Kier molecular flexibility index (Phi) is 6.92. The molecule has 28 heavy (non-hydrogen) atoms. The second-order valence-electron chi connectivity index (χ2n) is 6.05. The number of benzene rings is 3. The first-order valence-electron chi connectivity index (χ1n) is 8.81. The van der Waals surface area contributed by atoms with E-state index in [-0.39, 0.29) is 18.3 Å². The largest absolute Gasteiger partial charge is 0.496 e. The SMILES string of the molecule is COc1ccccc1CNC(=O)COC(=O)CSc1ccc2ccccc2c1. The number of thioether (sulfide) groups is 1. The lowest BCUT2D eigenvalue weighted by atomic mass is 10.1.